The molecule has 0 bridgehead atoms. The van der Waals surface area contributed by atoms with E-state index in [1.807, 2.05) is 13.0 Å². The quantitative estimate of drug-likeness (QED) is 0.870. The molecule has 3 N–H and O–H groups in total. The fourth-order valence-electron chi connectivity index (χ4n) is 1.51. The van der Waals surface area contributed by atoms with E-state index in [1.54, 1.807) is 17.8 Å². The van der Waals surface area contributed by atoms with Crippen LogP contribution in [0.2, 0.25) is 0 Å². The van der Waals surface area contributed by atoms with E-state index in [0.29, 0.717) is 17.4 Å². The third-order valence-corrected chi connectivity index (χ3v) is 3.26. The van der Waals surface area contributed by atoms with Gasteiger partial charge >= 0.3 is 0 Å². The first kappa shape index (κ1) is 12.5. The summed E-state index contributed by atoms with van der Waals surface area (Å²) in [5.41, 5.74) is 8.34. The summed E-state index contributed by atoms with van der Waals surface area (Å²) in [6.07, 6.45) is 3.75. The van der Waals surface area contributed by atoms with Crippen LogP contribution in [0.3, 0.4) is 0 Å². The van der Waals surface area contributed by atoms with Crippen LogP contribution in [0.25, 0.3) is 0 Å². The Hall–Kier alpha value is -1.95. The molecule has 2 heterocycles. The monoisotopic (exact) mass is 262 g/mol. The first-order valence-electron chi connectivity index (χ1n) is 5.51. The van der Waals surface area contributed by atoms with Crippen molar-refractivity contribution in [2.75, 3.05) is 5.73 Å². The highest BCUT2D eigenvalue weighted by Gasteiger charge is 2.07. The number of nitrogens with zero attached hydrogens (tertiary/aromatic N) is 2. The van der Waals surface area contributed by atoms with Gasteiger partial charge in [-0.1, -0.05) is 0 Å². The summed E-state index contributed by atoms with van der Waals surface area (Å²) in [5.74, 6) is -0.0662. The lowest BCUT2D eigenvalue weighted by atomic mass is 10.1. The van der Waals surface area contributed by atoms with E-state index in [-0.39, 0.29) is 12.3 Å². The van der Waals surface area contributed by atoms with Gasteiger partial charge in [-0.3, -0.25) is 9.78 Å². The molecule has 18 heavy (non-hydrogen) atoms. The number of amides is 1. The Kier molecular flexibility index (Phi) is 3.88. The number of carbonyl (C=O) groups excluding carboxylic acids is 1. The zero-order chi connectivity index (χ0) is 13.0. The highest BCUT2D eigenvalue weighted by atomic mass is 32.1. The van der Waals surface area contributed by atoms with Crippen molar-refractivity contribution in [1.82, 2.24) is 15.3 Å². The second kappa shape index (κ2) is 5.59. The molecule has 0 aliphatic carbocycles. The zero-order valence-electron chi connectivity index (χ0n) is 10.0. The van der Waals surface area contributed by atoms with E-state index in [2.05, 4.69) is 15.3 Å². The summed E-state index contributed by atoms with van der Waals surface area (Å²) >= 11 is 1.34. The van der Waals surface area contributed by atoms with Gasteiger partial charge in [-0.2, -0.15) is 0 Å². The minimum Gasteiger partial charge on any atom is -0.375 e. The Morgan fingerprint density at radius 2 is 2.39 bits per heavy atom. The van der Waals surface area contributed by atoms with Crippen molar-refractivity contribution in [2.24, 2.45) is 0 Å². The third kappa shape index (κ3) is 3.27. The summed E-state index contributed by atoms with van der Waals surface area (Å²) < 4.78 is 0. The Morgan fingerprint density at radius 1 is 1.56 bits per heavy atom. The van der Waals surface area contributed by atoms with Gasteiger partial charge in [0, 0.05) is 24.3 Å². The van der Waals surface area contributed by atoms with E-state index < -0.39 is 0 Å². The van der Waals surface area contributed by atoms with Gasteiger partial charge < -0.3 is 11.1 Å². The zero-order valence-corrected chi connectivity index (χ0v) is 10.8. The first-order valence-corrected chi connectivity index (χ1v) is 6.39. The number of thiazole rings is 1. The molecule has 6 heteroatoms. The van der Waals surface area contributed by atoms with Crippen LogP contribution in [0.1, 0.15) is 16.8 Å². The molecular formula is C12H14N4OS. The second-order valence-electron chi connectivity index (χ2n) is 3.93. The van der Waals surface area contributed by atoms with Crippen LogP contribution in [0.15, 0.2) is 23.8 Å². The Morgan fingerprint density at radius 3 is 3.06 bits per heavy atom. The minimum absolute atomic E-state index is 0.0662. The number of nitrogens with one attached hydrogen (secondary N) is 1. The lowest BCUT2D eigenvalue weighted by molar-refractivity contribution is -0.120. The Bertz CT molecular complexity index is 553. The van der Waals surface area contributed by atoms with Crippen LogP contribution < -0.4 is 11.1 Å². The number of aryl methyl sites for hydroxylation is 1. The van der Waals surface area contributed by atoms with Gasteiger partial charge in [0.15, 0.2) is 5.13 Å². The summed E-state index contributed by atoms with van der Waals surface area (Å²) in [4.78, 5) is 19.8. The lowest BCUT2D eigenvalue weighted by Gasteiger charge is -2.06. The van der Waals surface area contributed by atoms with Gasteiger partial charge in [0.2, 0.25) is 5.91 Å². The molecular weight excluding hydrogens is 248 g/mol. The summed E-state index contributed by atoms with van der Waals surface area (Å²) in [5, 5.41) is 5.13. The van der Waals surface area contributed by atoms with Crippen LogP contribution in [0, 0.1) is 6.92 Å². The van der Waals surface area contributed by atoms with E-state index in [9.17, 15) is 4.79 Å². The molecule has 0 aromatic carbocycles. The molecule has 0 fully saturated rings. The molecule has 2 rings (SSSR count). The standard InChI is InChI=1S/C12H14N4OS/c1-8-2-3-14-5-9(8)6-15-11(17)4-10-7-18-12(13)16-10/h2-3,5,7H,4,6H2,1H3,(H2,13,16)(H,15,17). The molecule has 0 atom stereocenters. The van der Waals surface area contributed by atoms with E-state index in [4.69, 9.17) is 5.73 Å². The van der Waals surface area contributed by atoms with Gasteiger partial charge in [-0.05, 0) is 24.1 Å². The number of hydrogen-bond donors (Lipinski definition) is 2. The molecule has 0 spiro atoms. The summed E-state index contributed by atoms with van der Waals surface area (Å²) in [7, 11) is 0. The van der Waals surface area contributed by atoms with Crippen molar-refractivity contribution < 1.29 is 4.79 Å². The highest BCUT2D eigenvalue weighted by Crippen LogP contribution is 2.11. The number of nitrogen functional groups attached to an aromatic ring is 1. The van der Waals surface area contributed by atoms with Crippen molar-refractivity contribution in [3.8, 4) is 0 Å². The molecule has 1 amide bonds. The van der Waals surface area contributed by atoms with Gasteiger partial charge in [-0.15, -0.1) is 11.3 Å². The van der Waals surface area contributed by atoms with Crippen LogP contribution >= 0.6 is 11.3 Å². The largest absolute Gasteiger partial charge is 0.375 e. The average molecular weight is 262 g/mol. The number of aromatic nitrogens is 2. The third-order valence-electron chi connectivity index (χ3n) is 2.53. The molecule has 94 valence electrons. The minimum atomic E-state index is -0.0662. The first-order chi connectivity index (χ1) is 8.65. The highest BCUT2D eigenvalue weighted by molar-refractivity contribution is 7.13. The molecule has 0 aliphatic heterocycles. The van der Waals surface area contributed by atoms with Crippen LogP contribution in [-0.2, 0) is 17.8 Å². The fraction of sp³-hybridized carbons (Fsp3) is 0.250. The van der Waals surface area contributed by atoms with Crippen molar-refractivity contribution in [3.63, 3.8) is 0 Å². The Labute approximate surface area is 109 Å². The summed E-state index contributed by atoms with van der Waals surface area (Å²) in [6, 6.07) is 1.92. The molecule has 2 aromatic heterocycles. The van der Waals surface area contributed by atoms with Crippen molar-refractivity contribution in [3.05, 3.63) is 40.7 Å². The molecule has 0 saturated carbocycles. The van der Waals surface area contributed by atoms with Crippen molar-refractivity contribution in [2.45, 2.75) is 19.9 Å². The van der Waals surface area contributed by atoms with Crippen LogP contribution in [-0.4, -0.2) is 15.9 Å². The van der Waals surface area contributed by atoms with Gasteiger partial charge in [0.05, 0.1) is 12.1 Å². The predicted molar refractivity (Wildman–Crippen MR) is 71.1 cm³/mol. The van der Waals surface area contributed by atoms with Gasteiger partial charge in [0.1, 0.15) is 0 Å². The molecule has 5 nitrogen and oxygen atoms in total. The lowest BCUT2D eigenvalue weighted by Crippen LogP contribution is -2.25. The molecule has 2 aromatic rings. The topological polar surface area (TPSA) is 80.9 Å². The smallest absolute Gasteiger partial charge is 0.226 e. The van der Waals surface area contributed by atoms with E-state index >= 15 is 0 Å². The van der Waals surface area contributed by atoms with E-state index in [1.165, 1.54) is 11.3 Å². The molecule has 0 aliphatic rings. The van der Waals surface area contributed by atoms with Crippen LogP contribution in [0.5, 0.6) is 0 Å². The normalized spacial score (nSPS) is 10.3. The van der Waals surface area contributed by atoms with E-state index in [0.717, 1.165) is 11.1 Å². The average Bonchev–Trinajstić information content (AvgIpc) is 2.74. The molecule has 0 radical (unpaired) electrons. The predicted octanol–water partition coefficient (Wildman–Crippen LogP) is 1.29. The summed E-state index contributed by atoms with van der Waals surface area (Å²) in [6.45, 7) is 2.47. The second-order valence-corrected chi connectivity index (χ2v) is 4.82. The number of carbonyl (C=O) groups is 1. The molecule has 0 saturated heterocycles. The van der Waals surface area contributed by atoms with Crippen molar-refractivity contribution in [1.29, 1.82) is 0 Å². The number of nitrogens with two attached hydrogens (primary N) is 1. The maximum Gasteiger partial charge on any atom is 0.226 e. The number of hydrogen-bond acceptors (Lipinski definition) is 5. The van der Waals surface area contributed by atoms with Gasteiger partial charge in [-0.25, -0.2) is 4.98 Å². The Balaban J connectivity index is 1.87. The number of anilines is 1. The molecule has 0 unspecified atom stereocenters. The SMILES string of the molecule is Cc1ccncc1CNC(=O)Cc1csc(N)n1. The maximum absolute atomic E-state index is 11.7. The maximum atomic E-state index is 11.7. The van der Waals surface area contributed by atoms with Crippen LogP contribution in [0.4, 0.5) is 5.13 Å². The fourth-order valence-corrected chi connectivity index (χ4v) is 2.07. The van der Waals surface area contributed by atoms with Crippen molar-refractivity contribution >= 4 is 22.4 Å². The number of pyridine rings is 1. The number of rotatable bonds is 4. The van der Waals surface area contributed by atoms with Gasteiger partial charge in [0.25, 0.3) is 0 Å².